The van der Waals surface area contributed by atoms with Crippen LogP contribution >= 0.6 is 34.7 Å². The van der Waals surface area contributed by atoms with Gasteiger partial charge in [0.05, 0.1) is 5.69 Å². The smallest absolute Gasteiger partial charge is 0.272 e. The van der Waals surface area contributed by atoms with Gasteiger partial charge in [0.2, 0.25) is 0 Å². The maximum absolute atomic E-state index is 13.3. The summed E-state index contributed by atoms with van der Waals surface area (Å²) in [7, 11) is 0. The SMILES string of the molecule is O=C(Nc1ccccc1SCc1ccc(Cl)cc1)/C(=C/c1cccs1)NC(=O)c1ccccc1. The highest BCUT2D eigenvalue weighted by atomic mass is 35.5. The molecule has 0 atom stereocenters. The van der Waals surface area contributed by atoms with Crippen LogP contribution in [0.15, 0.2) is 107 Å². The van der Waals surface area contributed by atoms with E-state index in [4.69, 9.17) is 11.6 Å². The first kappa shape index (κ1) is 23.8. The van der Waals surface area contributed by atoms with Crippen LogP contribution in [0.25, 0.3) is 6.08 Å². The topological polar surface area (TPSA) is 58.2 Å². The van der Waals surface area contributed by atoms with Gasteiger partial charge in [-0.25, -0.2) is 0 Å². The number of thiophene rings is 1. The number of para-hydroxylation sites is 1. The Morgan fingerprint density at radius 2 is 1.62 bits per heavy atom. The molecule has 4 nitrogen and oxygen atoms in total. The van der Waals surface area contributed by atoms with E-state index in [9.17, 15) is 9.59 Å². The van der Waals surface area contributed by atoms with Crippen molar-refractivity contribution in [2.75, 3.05) is 5.32 Å². The summed E-state index contributed by atoms with van der Waals surface area (Å²) in [6.45, 7) is 0. The van der Waals surface area contributed by atoms with E-state index in [-0.39, 0.29) is 11.6 Å². The van der Waals surface area contributed by atoms with E-state index in [2.05, 4.69) is 10.6 Å². The highest BCUT2D eigenvalue weighted by Gasteiger charge is 2.16. The molecule has 170 valence electrons. The third kappa shape index (κ3) is 6.60. The lowest BCUT2D eigenvalue weighted by molar-refractivity contribution is -0.113. The van der Waals surface area contributed by atoms with Gasteiger partial charge in [0.1, 0.15) is 5.70 Å². The van der Waals surface area contributed by atoms with Gasteiger partial charge < -0.3 is 10.6 Å². The minimum absolute atomic E-state index is 0.175. The van der Waals surface area contributed by atoms with Crippen molar-refractivity contribution in [3.8, 4) is 0 Å². The fourth-order valence-electron chi connectivity index (χ4n) is 3.09. The van der Waals surface area contributed by atoms with Gasteiger partial charge in [0, 0.05) is 26.1 Å². The van der Waals surface area contributed by atoms with Crippen LogP contribution in [0.5, 0.6) is 0 Å². The molecule has 0 aliphatic carbocycles. The van der Waals surface area contributed by atoms with Gasteiger partial charge in [0.15, 0.2) is 0 Å². The first-order valence-electron chi connectivity index (χ1n) is 10.5. The molecule has 0 aliphatic heterocycles. The third-order valence-corrected chi connectivity index (χ3v) is 7.02. The third-order valence-electron chi connectivity index (χ3n) is 4.80. The van der Waals surface area contributed by atoms with E-state index in [0.717, 1.165) is 21.1 Å². The molecule has 4 aromatic rings. The monoisotopic (exact) mass is 504 g/mol. The molecule has 2 amide bonds. The Kier molecular flexibility index (Phi) is 8.20. The number of anilines is 1. The first-order chi connectivity index (χ1) is 16.6. The number of hydrogen-bond donors (Lipinski definition) is 2. The second kappa shape index (κ2) is 11.7. The number of hydrogen-bond acceptors (Lipinski definition) is 4. The molecule has 1 heterocycles. The van der Waals surface area contributed by atoms with Crippen molar-refractivity contribution >= 4 is 58.3 Å². The lowest BCUT2D eigenvalue weighted by Crippen LogP contribution is -2.30. The number of carbonyl (C=O) groups excluding carboxylic acids is 2. The molecular formula is C27H21ClN2O2S2. The van der Waals surface area contributed by atoms with Crippen LogP contribution in [0, 0.1) is 0 Å². The standard InChI is InChI=1S/C27H21ClN2O2S2/c28-21-14-12-19(13-15-21)18-34-25-11-5-4-10-23(25)29-27(32)24(17-22-9-6-16-33-22)30-26(31)20-7-2-1-3-8-20/h1-17H,18H2,(H,29,32)(H,30,31)/b24-17-. The van der Waals surface area contributed by atoms with Crippen LogP contribution in [-0.4, -0.2) is 11.8 Å². The van der Waals surface area contributed by atoms with Gasteiger partial charge in [-0.15, -0.1) is 23.1 Å². The van der Waals surface area contributed by atoms with Gasteiger partial charge >= 0.3 is 0 Å². The van der Waals surface area contributed by atoms with Crippen molar-refractivity contribution in [2.45, 2.75) is 10.6 Å². The molecule has 0 saturated heterocycles. The molecule has 0 aliphatic rings. The molecule has 2 N–H and O–H groups in total. The quantitative estimate of drug-likeness (QED) is 0.199. The molecule has 0 bridgehead atoms. The zero-order valence-electron chi connectivity index (χ0n) is 18.0. The molecule has 3 aromatic carbocycles. The second-order valence-corrected chi connectivity index (χ2v) is 9.69. The Labute approximate surface area is 211 Å². The highest BCUT2D eigenvalue weighted by Crippen LogP contribution is 2.30. The maximum atomic E-state index is 13.3. The summed E-state index contributed by atoms with van der Waals surface area (Å²) in [5.41, 5.74) is 2.46. The highest BCUT2D eigenvalue weighted by molar-refractivity contribution is 7.98. The number of thioether (sulfide) groups is 1. The molecule has 0 unspecified atom stereocenters. The fourth-order valence-corrected chi connectivity index (χ4v) is 4.83. The van der Waals surface area contributed by atoms with E-state index in [0.29, 0.717) is 16.3 Å². The van der Waals surface area contributed by atoms with Crippen LogP contribution < -0.4 is 10.6 Å². The fraction of sp³-hybridized carbons (Fsp3) is 0.0370. The molecule has 1 aromatic heterocycles. The van der Waals surface area contributed by atoms with Crippen molar-refractivity contribution in [1.29, 1.82) is 0 Å². The number of nitrogens with one attached hydrogen (secondary N) is 2. The minimum atomic E-state index is -0.391. The second-order valence-electron chi connectivity index (χ2n) is 7.26. The lowest BCUT2D eigenvalue weighted by Gasteiger charge is -2.14. The summed E-state index contributed by atoms with van der Waals surface area (Å²) in [4.78, 5) is 27.8. The summed E-state index contributed by atoms with van der Waals surface area (Å²) >= 11 is 9.08. The Hall–Kier alpha value is -3.32. The Balaban J connectivity index is 1.52. The van der Waals surface area contributed by atoms with Gasteiger partial charge in [-0.1, -0.05) is 60.1 Å². The molecule has 0 spiro atoms. The number of halogens is 1. The predicted molar refractivity (Wildman–Crippen MR) is 142 cm³/mol. The first-order valence-corrected chi connectivity index (χ1v) is 12.7. The van der Waals surface area contributed by atoms with Crippen molar-refractivity contribution in [3.05, 3.63) is 123 Å². The Morgan fingerprint density at radius 3 is 2.35 bits per heavy atom. The van der Waals surface area contributed by atoms with Crippen LogP contribution in [0.1, 0.15) is 20.8 Å². The molecule has 0 saturated carbocycles. The van der Waals surface area contributed by atoms with Gasteiger partial charge in [-0.2, -0.15) is 0 Å². The lowest BCUT2D eigenvalue weighted by atomic mass is 10.2. The average molecular weight is 505 g/mol. The average Bonchev–Trinajstić information content (AvgIpc) is 3.38. The summed E-state index contributed by atoms with van der Waals surface area (Å²) in [5.74, 6) is -0.00616. The van der Waals surface area contributed by atoms with E-state index in [1.54, 1.807) is 42.1 Å². The summed E-state index contributed by atoms with van der Waals surface area (Å²) in [6, 6.07) is 27.9. The van der Waals surface area contributed by atoms with Gasteiger partial charge in [-0.3, -0.25) is 9.59 Å². The largest absolute Gasteiger partial charge is 0.320 e. The molecular weight excluding hydrogens is 484 g/mol. The van der Waals surface area contributed by atoms with Crippen LogP contribution in [-0.2, 0) is 10.5 Å². The number of carbonyl (C=O) groups is 2. The maximum Gasteiger partial charge on any atom is 0.272 e. The molecule has 0 fully saturated rings. The zero-order valence-corrected chi connectivity index (χ0v) is 20.4. The van der Waals surface area contributed by atoms with E-state index >= 15 is 0 Å². The van der Waals surface area contributed by atoms with Crippen LogP contribution in [0.2, 0.25) is 5.02 Å². The summed E-state index contributed by atoms with van der Waals surface area (Å²) < 4.78 is 0. The zero-order chi connectivity index (χ0) is 23.8. The molecule has 4 rings (SSSR count). The Bertz CT molecular complexity index is 1290. The van der Waals surface area contributed by atoms with Gasteiger partial charge in [0.25, 0.3) is 11.8 Å². The van der Waals surface area contributed by atoms with E-state index in [1.165, 1.54) is 11.3 Å². The Morgan fingerprint density at radius 1 is 0.882 bits per heavy atom. The number of amides is 2. The van der Waals surface area contributed by atoms with Crippen LogP contribution in [0.3, 0.4) is 0 Å². The normalized spacial score (nSPS) is 11.1. The summed E-state index contributed by atoms with van der Waals surface area (Å²) in [5, 5.41) is 8.36. The number of benzene rings is 3. The van der Waals surface area contributed by atoms with Crippen LogP contribution in [0.4, 0.5) is 5.69 Å². The van der Waals surface area contributed by atoms with Crippen molar-refractivity contribution in [1.82, 2.24) is 5.32 Å². The number of rotatable bonds is 8. The van der Waals surface area contributed by atoms with E-state index in [1.807, 2.05) is 72.1 Å². The molecule has 7 heteroatoms. The molecule has 0 radical (unpaired) electrons. The van der Waals surface area contributed by atoms with E-state index < -0.39 is 5.91 Å². The van der Waals surface area contributed by atoms with Crippen molar-refractivity contribution in [3.63, 3.8) is 0 Å². The van der Waals surface area contributed by atoms with Crippen molar-refractivity contribution in [2.24, 2.45) is 0 Å². The van der Waals surface area contributed by atoms with Crippen molar-refractivity contribution < 1.29 is 9.59 Å². The summed E-state index contributed by atoms with van der Waals surface area (Å²) in [6.07, 6.45) is 1.68. The predicted octanol–water partition coefficient (Wildman–Crippen LogP) is 7.10. The minimum Gasteiger partial charge on any atom is -0.320 e. The van der Waals surface area contributed by atoms with Gasteiger partial charge in [-0.05, 0) is 59.5 Å². The molecule has 34 heavy (non-hydrogen) atoms.